The molecule has 0 saturated heterocycles. The van der Waals surface area contributed by atoms with Crippen molar-refractivity contribution < 1.29 is 10.4 Å². The van der Waals surface area contributed by atoms with Gasteiger partial charge in [0, 0.05) is 25.9 Å². The minimum atomic E-state index is 0.709. The van der Waals surface area contributed by atoms with Gasteiger partial charge >= 0.3 is 0 Å². The van der Waals surface area contributed by atoms with Crippen LogP contribution < -0.4 is 11.0 Å². The summed E-state index contributed by atoms with van der Waals surface area (Å²) in [6.45, 7) is 5.37. The van der Waals surface area contributed by atoms with Gasteiger partial charge in [-0.15, -0.1) is 0 Å². The van der Waals surface area contributed by atoms with Gasteiger partial charge in [-0.2, -0.15) is 0 Å². The Bertz CT molecular complexity index is 301. The van der Waals surface area contributed by atoms with E-state index in [0.717, 1.165) is 25.7 Å². The molecule has 0 aliphatic rings. The molecule has 0 fully saturated rings. The molecule has 0 spiro atoms. The zero-order chi connectivity index (χ0) is 17.9. The fourth-order valence-corrected chi connectivity index (χ4v) is 2.72. The van der Waals surface area contributed by atoms with Crippen LogP contribution in [0.2, 0.25) is 0 Å². The van der Waals surface area contributed by atoms with Crippen molar-refractivity contribution in [3.05, 3.63) is 0 Å². The molecule has 6 heteroatoms. The van der Waals surface area contributed by atoms with Crippen LogP contribution in [0.15, 0.2) is 9.98 Å². The fraction of sp³-hybridized carbons (Fsp3) is 0.889. The molecule has 24 heavy (non-hydrogen) atoms. The molecule has 142 valence electrons. The van der Waals surface area contributed by atoms with Crippen molar-refractivity contribution in [2.45, 2.75) is 90.9 Å². The van der Waals surface area contributed by atoms with Crippen molar-refractivity contribution >= 4 is 11.7 Å². The molecule has 6 nitrogen and oxygen atoms in total. The lowest BCUT2D eigenvalue weighted by Crippen LogP contribution is -2.19. The highest BCUT2D eigenvalue weighted by Crippen LogP contribution is 2.12. The lowest BCUT2D eigenvalue weighted by Gasteiger charge is -2.05. The number of unbranched alkanes of at least 4 members (excludes halogenated alkanes) is 9. The highest BCUT2D eigenvalue weighted by atomic mass is 16.5. The highest BCUT2D eigenvalue weighted by molar-refractivity contribution is 5.81. The molecule has 4 N–H and O–H groups in total. The predicted molar refractivity (Wildman–Crippen MR) is 101 cm³/mol. The summed E-state index contributed by atoms with van der Waals surface area (Å²) in [6.07, 6.45) is 14.0. The number of aliphatic imine (C=N–C) groups is 2. The number of hydrogen-bond donors (Lipinski definition) is 4. The first kappa shape index (κ1) is 22.9. The maximum absolute atomic E-state index is 8.89. The molecule has 0 aromatic heterocycles. The van der Waals surface area contributed by atoms with Crippen LogP contribution in [0.5, 0.6) is 0 Å². The molecular weight excluding hydrogens is 304 g/mol. The average Bonchev–Trinajstić information content (AvgIpc) is 2.60. The van der Waals surface area contributed by atoms with E-state index in [1.54, 1.807) is 0 Å². The second-order valence-electron chi connectivity index (χ2n) is 6.10. The van der Waals surface area contributed by atoms with E-state index < -0.39 is 0 Å². The Morgan fingerprint density at radius 2 is 0.875 bits per heavy atom. The van der Waals surface area contributed by atoms with E-state index in [1.807, 2.05) is 13.8 Å². The highest BCUT2D eigenvalue weighted by Gasteiger charge is 1.98. The van der Waals surface area contributed by atoms with E-state index >= 15 is 0 Å². The summed E-state index contributed by atoms with van der Waals surface area (Å²) in [6, 6.07) is 0. The normalized spacial score (nSPS) is 12.5. The molecule has 0 radical (unpaired) electrons. The van der Waals surface area contributed by atoms with E-state index in [0.29, 0.717) is 24.8 Å². The van der Waals surface area contributed by atoms with Gasteiger partial charge in [-0.3, -0.25) is 31.4 Å². The quantitative estimate of drug-likeness (QED) is 0.153. The Balaban J connectivity index is 3.31. The summed E-state index contributed by atoms with van der Waals surface area (Å²) >= 11 is 0. The molecule has 0 atom stereocenters. The van der Waals surface area contributed by atoms with E-state index in [9.17, 15) is 0 Å². The molecule has 0 aromatic rings. The monoisotopic (exact) mass is 342 g/mol. The van der Waals surface area contributed by atoms with Crippen LogP contribution in [0.1, 0.15) is 90.9 Å². The number of hydroxylamine groups is 2. The molecule has 0 saturated carbocycles. The second-order valence-corrected chi connectivity index (χ2v) is 6.10. The van der Waals surface area contributed by atoms with Gasteiger partial charge in [0.15, 0.2) is 0 Å². The largest absolute Gasteiger partial charge is 0.290 e. The van der Waals surface area contributed by atoms with Gasteiger partial charge in [-0.25, -0.2) is 0 Å². The number of nitrogens with zero attached hydrogens (tertiary/aromatic N) is 2. The summed E-state index contributed by atoms with van der Waals surface area (Å²) in [5.74, 6) is 1.42. The summed E-state index contributed by atoms with van der Waals surface area (Å²) in [5.41, 5.74) is 4.36. The Morgan fingerprint density at radius 3 is 1.12 bits per heavy atom. The molecule has 0 unspecified atom stereocenters. The number of nitrogens with one attached hydrogen (secondary N) is 2. The summed E-state index contributed by atoms with van der Waals surface area (Å²) < 4.78 is 0. The van der Waals surface area contributed by atoms with Gasteiger partial charge in [-0.1, -0.05) is 51.4 Å². The van der Waals surface area contributed by atoms with Crippen LogP contribution in [-0.2, 0) is 0 Å². The SMILES string of the molecule is CCN=C(CCCCCCCCCCCCC(=NCC)NO)NO. The van der Waals surface area contributed by atoms with E-state index in [-0.39, 0.29) is 0 Å². The summed E-state index contributed by atoms with van der Waals surface area (Å²) in [5, 5.41) is 17.8. The number of rotatable bonds is 15. The van der Waals surface area contributed by atoms with Crippen molar-refractivity contribution in [3.8, 4) is 0 Å². The van der Waals surface area contributed by atoms with E-state index in [1.165, 1.54) is 51.4 Å². The van der Waals surface area contributed by atoms with Crippen LogP contribution in [0, 0.1) is 0 Å². The van der Waals surface area contributed by atoms with E-state index in [4.69, 9.17) is 10.4 Å². The number of hydrogen-bond acceptors (Lipinski definition) is 4. The second kappa shape index (κ2) is 18.2. The molecule has 0 aromatic carbocycles. The molecule has 0 amide bonds. The fourth-order valence-electron chi connectivity index (χ4n) is 2.72. The minimum Gasteiger partial charge on any atom is -0.290 e. The molecule has 0 aliphatic carbocycles. The van der Waals surface area contributed by atoms with Gasteiger partial charge in [0.1, 0.15) is 11.7 Å². The number of amidine groups is 2. The minimum absolute atomic E-state index is 0.709. The molecule has 0 bridgehead atoms. The first-order valence-electron chi connectivity index (χ1n) is 9.65. The zero-order valence-corrected chi connectivity index (χ0v) is 15.7. The maximum Gasteiger partial charge on any atom is 0.120 e. The third kappa shape index (κ3) is 14.5. The first-order chi connectivity index (χ1) is 11.8. The maximum atomic E-state index is 8.89. The topological polar surface area (TPSA) is 89.2 Å². The Kier molecular flexibility index (Phi) is 17.3. The van der Waals surface area contributed by atoms with Crippen LogP contribution in [0.25, 0.3) is 0 Å². The Morgan fingerprint density at radius 1 is 0.583 bits per heavy atom. The van der Waals surface area contributed by atoms with Crippen LogP contribution in [0.3, 0.4) is 0 Å². The van der Waals surface area contributed by atoms with Gasteiger partial charge < -0.3 is 0 Å². The van der Waals surface area contributed by atoms with Crippen molar-refractivity contribution in [1.29, 1.82) is 0 Å². The summed E-state index contributed by atoms with van der Waals surface area (Å²) in [7, 11) is 0. The van der Waals surface area contributed by atoms with Crippen molar-refractivity contribution in [2.24, 2.45) is 9.98 Å². The molecule has 0 aliphatic heterocycles. The predicted octanol–water partition coefficient (Wildman–Crippen LogP) is 4.46. The lowest BCUT2D eigenvalue weighted by molar-refractivity contribution is 0.230. The van der Waals surface area contributed by atoms with Crippen LogP contribution in [-0.4, -0.2) is 35.2 Å². The van der Waals surface area contributed by atoms with Gasteiger partial charge in [0.05, 0.1) is 0 Å². The van der Waals surface area contributed by atoms with Crippen LogP contribution >= 0.6 is 0 Å². The molecular formula is C18H38N4O2. The Labute approximate surface area is 147 Å². The van der Waals surface area contributed by atoms with Gasteiger partial charge in [0.25, 0.3) is 0 Å². The van der Waals surface area contributed by atoms with Gasteiger partial charge in [-0.05, 0) is 26.7 Å². The lowest BCUT2D eigenvalue weighted by atomic mass is 10.0. The average molecular weight is 343 g/mol. The standard InChI is InChI=1S/C18H38N4O2/c1-3-19-17(21-23)15-13-11-9-7-5-6-8-10-12-14-16-18(22-24)20-4-2/h23-24H,3-16H2,1-2H3,(H,19,21)(H,20,22). The smallest absolute Gasteiger partial charge is 0.120 e. The first-order valence-corrected chi connectivity index (χ1v) is 9.65. The molecule has 0 heterocycles. The third-order valence-electron chi connectivity index (χ3n) is 4.03. The van der Waals surface area contributed by atoms with Crippen LogP contribution in [0.4, 0.5) is 0 Å². The van der Waals surface area contributed by atoms with Crippen molar-refractivity contribution in [1.82, 2.24) is 11.0 Å². The third-order valence-corrected chi connectivity index (χ3v) is 4.03. The molecule has 0 rings (SSSR count). The zero-order valence-electron chi connectivity index (χ0n) is 15.7. The Hall–Kier alpha value is -1.14. The summed E-state index contributed by atoms with van der Waals surface area (Å²) in [4.78, 5) is 8.36. The van der Waals surface area contributed by atoms with Crippen molar-refractivity contribution in [2.75, 3.05) is 13.1 Å². The van der Waals surface area contributed by atoms with E-state index in [2.05, 4.69) is 20.9 Å². The van der Waals surface area contributed by atoms with Crippen molar-refractivity contribution in [3.63, 3.8) is 0 Å². The van der Waals surface area contributed by atoms with Gasteiger partial charge in [0.2, 0.25) is 0 Å².